The lowest BCUT2D eigenvalue weighted by Crippen LogP contribution is -2.46. The van der Waals surface area contributed by atoms with Gasteiger partial charge in [0.15, 0.2) is 0 Å². The topological polar surface area (TPSA) is 69.6 Å². The normalized spacial score (nSPS) is 11.0. The lowest BCUT2D eigenvalue weighted by molar-refractivity contribution is 0.0869. The molecule has 0 saturated carbocycles. The molecule has 5 heteroatoms. The monoisotopic (exact) mass is 326 g/mol. The van der Waals surface area contributed by atoms with Gasteiger partial charge in [0, 0.05) is 23.9 Å². The van der Waals surface area contributed by atoms with Crippen LogP contribution >= 0.6 is 0 Å². The van der Waals surface area contributed by atoms with E-state index in [2.05, 4.69) is 5.32 Å². The van der Waals surface area contributed by atoms with Crippen LogP contribution in [0.3, 0.4) is 0 Å². The molecule has 0 radical (unpaired) electrons. The quantitative estimate of drug-likeness (QED) is 0.887. The van der Waals surface area contributed by atoms with Crippen LogP contribution in [0, 0.1) is 0 Å². The molecule has 0 saturated heterocycles. The van der Waals surface area contributed by atoms with Crippen molar-refractivity contribution in [2.75, 3.05) is 18.6 Å². The summed E-state index contributed by atoms with van der Waals surface area (Å²) in [5.74, 6) is -0.525. The Morgan fingerprint density at radius 3 is 2.29 bits per heavy atom. The summed E-state index contributed by atoms with van der Waals surface area (Å²) in [5, 5.41) is 12.0. The first-order valence-corrected chi connectivity index (χ1v) is 7.70. The summed E-state index contributed by atoms with van der Waals surface area (Å²) in [7, 11) is 1.69. The number of nitrogens with zero attached hydrogens (tertiary/aromatic N) is 1. The van der Waals surface area contributed by atoms with Crippen LogP contribution in [-0.2, 0) is 0 Å². The molecule has 2 amide bonds. The van der Waals surface area contributed by atoms with Gasteiger partial charge in [-0.15, -0.1) is 0 Å². The number of carbonyl (C=O) groups excluding carboxylic acids is 2. The van der Waals surface area contributed by atoms with Gasteiger partial charge in [0.2, 0.25) is 0 Å². The van der Waals surface area contributed by atoms with Crippen molar-refractivity contribution >= 4 is 17.5 Å². The molecule has 5 nitrogen and oxygen atoms in total. The number of nitrogens with one attached hydrogen (secondary N) is 1. The van der Waals surface area contributed by atoms with E-state index in [-0.39, 0.29) is 18.4 Å². The van der Waals surface area contributed by atoms with Crippen LogP contribution in [0.5, 0.6) is 0 Å². The number of anilines is 1. The van der Waals surface area contributed by atoms with Crippen molar-refractivity contribution in [1.82, 2.24) is 5.32 Å². The van der Waals surface area contributed by atoms with E-state index < -0.39 is 5.54 Å². The van der Waals surface area contributed by atoms with Crippen LogP contribution in [0.25, 0.3) is 0 Å². The predicted octanol–water partition coefficient (Wildman–Crippen LogP) is 2.46. The summed E-state index contributed by atoms with van der Waals surface area (Å²) >= 11 is 0. The molecular formula is C19H22N2O3. The Morgan fingerprint density at radius 1 is 1.04 bits per heavy atom. The number of aliphatic hydroxyl groups is 1. The molecule has 2 aromatic carbocycles. The van der Waals surface area contributed by atoms with Gasteiger partial charge in [0.25, 0.3) is 11.8 Å². The highest BCUT2D eigenvalue weighted by Crippen LogP contribution is 2.16. The maximum Gasteiger partial charge on any atom is 0.258 e. The van der Waals surface area contributed by atoms with Gasteiger partial charge in [-0.05, 0) is 44.2 Å². The Bertz CT molecular complexity index is 726. The Labute approximate surface area is 141 Å². The minimum Gasteiger partial charge on any atom is -0.394 e. The second kappa shape index (κ2) is 7.27. The fraction of sp³-hybridized carbons (Fsp3) is 0.263. The average molecular weight is 326 g/mol. The van der Waals surface area contributed by atoms with Gasteiger partial charge in [0.1, 0.15) is 0 Å². The van der Waals surface area contributed by atoms with E-state index in [1.54, 1.807) is 45.2 Å². The second-order valence-electron chi connectivity index (χ2n) is 6.28. The molecule has 126 valence electrons. The molecule has 2 rings (SSSR count). The summed E-state index contributed by atoms with van der Waals surface area (Å²) in [4.78, 5) is 26.4. The molecular weight excluding hydrogens is 304 g/mol. The Hall–Kier alpha value is -2.66. The minimum atomic E-state index is -0.724. The lowest BCUT2D eigenvalue weighted by Gasteiger charge is -2.23. The van der Waals surface area contributed by atoms with Crippen LogP contribution in [-0.4, -0.2) is 36.1 Å². The van der Waals surface area contributed by atoms with E-state index >= 15 is 0 Å². The van der Waals surface area contributed by atoms with Crippen molar-refractivity contribution in [3.05, 3.63) is 65.7 Å². The predicted molar refractivity (Wildman–Crippen MR) is 94.2 cm³/mol. The molecule has 0 aliphatic heterocycles. The standard InChI is InChI=1S/C19H22N2O3/c1-19(2,13-22)20-17(23)14-8-7-9-15(12-14)18(24)21(3)16-10-5-4-6-11-16/h4-12,22H,13H2,1-3H3,(H,20,23). The van der Waals surface area contributed by atoms with Crippen molar-refractivity contribution in [1.29, 1.82) is 0 Å². The zero-order valence-corrected chi connectivity index (χ0v) is 14.1. The molecule has 0 aliphatic carbocycles. The third kappa shape index (κ3) is 4.20. The zero-order chi connectivity index (χ0) is 17.7. The third-order valence-corrected chi connectivity index (χ3v) is 3.67. The number of rotatable bonds is 5. The summed E-state index contributed by atoms with van der Waals surface area (Å²) in [6.07, 6.45) is 0. The van der Waals surface area contributed by atoms with Gasteiger partial charge in [-0.1, -0.05) is 24.3 Å². The largest absolute Gasteiger partial charge is 0.394 e. The molecule has 0 heterocycles. The maximum atomic E-state index is 12.6. The van der Waals surface area contributed by atoms with Gasteiger partial charge < -0.3 is 15.3 Å². The van der Waals surface area contributed by atoms with Gasteiger partial charge in [0.05, 0.1) is 12.1 Å². The molecule has 0 bridgehead atoms. The number of amides is 2. The van der Waals surface area contributed by atoms with Crippen molar-refractivity contribution < 1.29 is 14.7 Å². The fourth-order valence-corrected chi connectivity index (χ4v) is 2.18. The summed E-state index contributed by atoms with van der Waals surface area (Å²) < 4.78 is 0. The van der Waals surface area contributed by atoms with Crippen molar-refractivity contribution in [2.24, 2.45) is 0 Å². The highest BCUT2D eigenvalue weighted by molar-refractivity contribution is 6.07. The Kier molecular flexibility index (Phi) is 5.36. The molecule has 0 atom stereocenters. The average Bonchev–Trinajstić information content (AvgIpc) is 2.61. The van der Waals surface area contributed by atoms with E-state index in [1.807, 2.05) is 30.3 Å². The lowest BCUT2D eigenvalue weighted by atomic mass is 10.0. The van der Waals surface area contributed by atoms with E-state index in [1.165, 1.54) is 4.90 Å². The minimum absolute atomic E-state index is 0.173. The van der Waals surface area contributed by atoms with Gasteiger partial charge >= 0.3 is 0 Å². The summed E-state index contributed by atoms with van der Waals surface area (Å²) in [6.45, 7) is 3.28. The molecule has 0 aliphatic rings. The Morgan fingerprint density at radius 2 is 1.67 bits per heavy atom. The summed E-state index contributed by atoms with van der Waals surface area (Å²) in [6, 6.07) is 15.8. The van der Waals surface area contributed by atoms with Crippen LogP contribution in [0.4, 0.5) is 5.69 Å². The smallest absolute Gasteiger partial charge is 0.258 e. The number of hydrogen-bond donors (Lipinski definition) is 2. The van der Waals surface area contributed by atoms with Crippen molar-refractivity contribution in [2.45, 2.75) is 19.4 Å². The van der Waals surface area contributed by atoms with Crippen LogP contribution in [0.1, 0.15) is 34.6 Å². The molecule has 0 fully saturated rings. The van der Waals surface area contributed by atoms with Gasteiger partial charge in [-0.2, -0.15) is 0 Å². The fourth-order valence-electron chi connectivity index (χ4n) is 2.18. The first kappa shape index (κ1) is 17.7. The van der Waals surface area contributed by atoms with E-state index in [0.29, 0.717) is 11.1 Å². The summed E-state index contributed by atoms with van der Waals surface area (Å²) in [5.41, 5.74) is 0.858. The molecule has 2 aromatic rings. The van der Waals surface area contributed by atoms with Crippen molar-refractivity contribution in [3.8, 4) is 0 Å². The number of hydrogen-bond acceptors (Lipinski definition) is 3. The first-order valence-electron chi connectivity index (χ1n) is 7.70. The van der Waals surface area contributed by atoms with Crippen LogP contribution in [0.15, 0.2) is 54.6 Å². The van der Waals surface area contributed by atoms with Gasteiger partial charge in [-0.3, -0.25) is 9.59 Å². The highest BCUT2D eigenvalue weighted by Gasteiger charge is 2.21. The molecule has 24 heavy (non-hydrogen) atoms. The molecule has 0 spiro atoms. The maximum absolute atomic E-state index is 12.6. The number of benzene rings is 2. The number of aliphatic hydroxyl groups excluding tert-OH is 1. The Balaban J connectivity index is 2.21. The molecule has 0 aromatic heterocycles. The molecule has 2 N–H and O–H groups in total. The van der Waals surface area contributed by atoms with Crippen molar-refractivity contribution in [3.63, 3.8) is 0 Å². The second-order valence-corrected chi connectivity index (χ2v) is 6.28. The zero-order valence-electron chi connectivity index (χ0n) is 14.1. The van der Waals surface area contributed by atoms with E-state index in [9.17, 15) is 14.7 Å². The highest BCUT2D eigenvalue weighted by atomic mass is 16.3. The third-order valence-electron chi connectivity index (χ3n) is 3.67. The number of carbonyl (C=O) groups is 2. The van der Waals surface area contributed by atoms with Gasteiger partial charge in [-0.25, -0.2) is 0 Å². The first-order chi connectivity index (χ1) is 11.3. The SMILES string of the molecule is CN(C(=O)c1cccc(C(=O)NC(C)(C)CO)c1)c1ccccc1. The van der Waals surface area contributed by atoms with E-state index in [4.69, 9.17) is 0 Å². The van der Waals surface area contributed by atoms with Crippen LogP contribution in [0.2, 0.25) is 0 Å². The molecule has 0 unspecified atom stereocenters. The van der Waals surface area contributed by atoms with Crippen LogP contribution < -0.4 is 10.2 Å². The van der Waals surface area contributed by atoms with E-state index in [0.717, 1.165) is 5.69 Å². The number of para-hydroxylation sites is 1.